The maximum absolute atomic E-state index is 10.9. The second-order valence-electron chi connectivity index (χ2n) is 4.12. The zero-order chi connectivity index (χ0) is 10.2. The number of amides is 1. The summed E-state index contributed by atoms with van der Waals surface area (Å²) in [5.41, 5.74) is -0.384. The van der Waals surface area contributed by atoms with Gasteiger partial charge < -0.3 is 9.84 Å². The zero-order valence-corrected chi connectivity index (χ0v) is 7.90. The van der Waals surface area contributed by atoms with E-state index in [1.165, 1.54) is 0 Å². The SMILES string of the molecule is CC(C)(C)C1OC(=O)CN1C(=O)O. The summed E-state index contributed by atoms with van der Waals surface area (Å²) in [6, 6.07) is 0. The fraction of sp³-hybridized carbons (Fsp3) is 0.750. The van der Waals surface area contributed by atoms with Gasteiger partial charge in [-0.3, -0.25) is 9.69 Å². The van der Waals surface area contributed by atoms with Crippen LogP contribution in [0.25, 0.3) is 0 Å². The Morgan fingerprint density at radius 2 is 2.15 bits per heavy atom. The molecule has 1 aliphatic heterocycles. The molecule has 5 heteroatoms. The van der Waals surface area contributed by atoms with Crippen molar-refractivity contribution in [1.82, 2.24) is 4.90 Å². The zero-order valence-electron chi connectivity index (χ0n) is 7.90. The van der Waals surface area contributed by atoms with Gasteiger partial charge in [-0.05, 0) is 0 Å². The van der Waals surface area contributed by atoms with Crippen molar-refractivity contribution < 1.29 is 19.4 Å². The van der Waals surface area contributed by atoms with Gasteiger partial charge in [-0.2, -0.15) is 0 Å². The van der Waals surface area contributed by atoms with E-state index in [0.717, 1.165) is 4.90 Å². The number of nitrogens with zero attached hydrogens (tertiary/aromatic N) is 1. The first-order chi connectivity index (χ1) is 5.82. The van der Waals surface area contributed by atoms with E-state index >= 15 is 0 Å². The Morgan fingerprint density at radius 3 is 2.46 bits per heavy atom. The van der Waals surface area contributed by atoms with Crippen LogP contribution in [0.2, 0.25) is 0 Å². The highest BCUT2D eigenvalue weighted by Crippen LogP contribution is 2.29. The summed E-state index contributed by atoms with van der Waals surface area (Å²) >= 11 is 0. The van der Waals surface area contributed by atoms with E-state index < -0.39 is 18.3 Å². The first-order valence-corrected chi connectivity index (χ1v) is 4.01. The van der Waals surface area contributed by atoms with E-state index in [1.54, 1.807) is 0 Å². The average Bonchev–Trinajstić information content (AvgIpc) is 2.29. The number of hydrogen-bond donors (Lipinski definition) is 1. The monoisotopic (exact) mass is 187 g/mol. The van der Waals surface area contributed by atoms with Crippen molar-refractivity contribution in [3.63, 3.8) is 0 Å². The highest BCUT2D eigenvalue weighted by Gasteiger charge is 2.42. The summed E-state index contributed by atoms with van der Waals surface area (Å²) in [5.74, 6) is -0.484. The van der Waals surface area contributed by atoms with E-state index in [2.05, 4.69) is 0 Å². The Labute approximate surface area is 76.3 Å². The summed E-state index contributed by atoms with van der Waals surface area (Å²) in [4.78, 5) is 22.6. The van der Waals surface area contributed by atoms with E-state index in [1.807, 2.05) is 20.8 Å². The minimum atomic E-state index is -1.12. The van der Waals surface area contributed by atoms with Crippen LogP contribution in [-0.2, 0) is 9.53 Å². The van der Waals surface area contributed by atoms with E-state index in [-0.39, 0.29) is 12.0 Å². The van der Waals surface area contributed by atoms with Crippen molar-refractivity contribution in [2.75, 3.05) is 6.54 Å². The van der Waals surface area contributed by atoms with Crippen LogP contribution >= 0.6 is 0 Å². The normalized spacial score (nSPS) is 23.2. The molecule has 0 saturated carbocycles. The lowest BCUT2D eigenvalue weighted by molar-refractivity contribution is -0.146. The minimum Gasteiger partial charge on any atom is -0.465 e. The highest BCUT2D eigenvalue weighted by molar-refractivity contribution is 5.80. The third-order valence-corrected chi connectivity index (χ3v) is 1.81. The van der Waals surface area contributed by atoms with E-state index in [9.17, 15) is 9.59 Å². The summed E-state index contributed by atoms with van der Waals surface area (Å²) in [7, 11) is 0. The third kappa shape index (κ3) is 1.91. The number of carbonyl (C=O) groups excluding carboxylic acids is 1. The predicted molar refractivity (Wildman–Crippen MR) is 44.1 cm³/mol. The summed E-state index contributed by atoms with van der Waals surface area (Å²) in [6.07, 6.45) is -1.79. The fourth-order valence-corrected chi connectivity index (χ4v) is 1.26. The number of ether oxygens (including phenoxy) is 1. The van der Waals surface area contributed by atoms with Crippen molar-refractivity contribution in [1.29, 1.82) is 0 Å². The first kappa shape index (κ1) is 9.83. The standard InChI is InChI=1S/C8H13NO4/c1-8(2,3)6-9(7(11)12)4-5(10)13-6/h6H,4H2,1-3H3,(H,11,12). The van der Waals surface area contributed by atoms with Crippen LogP contribution in [0.15, 0.2) is 0 Å². The van der Waals surface area contributed by atoms with Gasteiger partial charge in [0.05, 0.1) is 0 Å². The molecule has 1 N–H and O–H groups in total. The largest absolute Gasteiger partial charge is 0.465 e. The Hall–Kier alpha value is -1.26. The average molecular weight is 187 g/mol. The molecule has 5 nitrogen and oxygen atoms in total. The molecule has 1 rings (SSSR count). The summed E-state index contributed by atoms with van der Waals surface area (Å²) < 4.78 is 4.91. The number of cyclic esters (lactones) is 1. The molecular weight excluding hydrogens is 174 g/mol. The van der Waals surface area contributed by atoms with Crippen LogP contribution in [0.5, 0.6) is 0 Å². The van der Waals surface area contributed by atoms with Crippen LogP contribution < -0.4 is 0 Å². The predicted octanol–water partition coefficient (Wildman–Crippen LogP) is 0.895. The lowest BCUT2D eigenvalue weighted by Crippen LogP contribution is -2.43. The molecule has 0 aromatic heterocycles. The molecule has 1 aliphatic rings. The third-order valence-electron chi connectivity index (χ3n) is 1.81. The van der Waals surface area contributed by atoms with Gasteiger partial charge in [0.2, 0.25) is 0 Å². The van der Waals surface area contributed by atoms with Crippen LogP contribution in [-0.4, -0.2) is 34.8 Å². The molecule has 74 valence electrons. The Morgan fingerprint density at radius 1 is 1.62 bits per heavy atom. The molecule has 1 fully saturated rings. The van der Waals surface area contributed by atoms with Gasteiger partial charge in [0.1, 0.15) is 6.54 Å². The molecule has 0 aromatic carbocycles. The summed E-state index contributed by atoms with van der Waals surface area (Å²) in [5, 5.41) is 8.76. The van der Waals surface area contributed by atoms with E-state index in [4.69, 9.17) is 9.84 Å². The van der Waals surface area contributed by atoms with Crippen molar-refractivity contribution in [2.45, 2.75) is 27.0 Å². The van der Waals surface area contributed by atoms with Gasteiger partial charge >= 0.3 is 12.1 Å². The van der Waals surface area contributed by atoms with Crippen LogP contribution in [0, 0.1) is 5.41 Å². The Balaban J connectivity index is 2.84. The summed E-state index contributed by atoms with van der Waals surface area (Å²) in [6.45, 7) is 5.31. The molecule has 1 saturated heterocycles. The van der Waals surface area contributed by atoms with Crippen LogP contribution in [0.4, 0.5) is 4.79 Å². The Bertz CT molecular complexity index is 243. The molecule has 13 heavy (non-hydrogen) atoms. The molecule has 0 radical (unpaired) electrons. The maximum Gasteiger partial charge on any atom is 0.410 e. The number of carboxylic acid groups (broad SMARTS) is 1. The maximum atomic E-state index is 10.9. The van der Waals surface area contributed by atoms with Gasteiger partial charge in [-0.1, -0.05) is 20.8 Å². The van der Waals surface area contributed by atoms with Gasteiger partial charge in [-0.15, -0.1) is 0 Å². The van der Waals surface area contributed by atoms with Crippen molar-refractivity contribution in [2.24, 2.45) is 5.41 Å². The molecule has 1 unspecified atom stereocenters. The van der Waals surface area contributed by atoms with Gasteiger partial charge in [-0.25, -0.2) is 4.79 Å². The topological polar surface area (TPSA) is 66.8 Å². The smallest absolute Gasteiger partial charge is 0.410 e. The quantitative estimate of drug-likeness (QED) is 0.572. The first-order valence-electron chi connectivity index (χ1n) is 4.01. The number of hydrogen-bond acceptors (Lipinski definition) is 3. The highest BCUT2D eigenvalue weighted by atomic mass is 16.6. The second kappa shape index (κ2) is 2.90. The number of esters is 1. The lowest BCUT2D eigenvalue weighted by atomic mass is 9.94. The molecular formula is C8H13NO4. The number of carbonyl (C=O) groups is 2. The van der Waals surface area contributed by atoms with Gasteiger partial charge in [0.15, 0.2) is 6.23 Å². The second-order valence-corrected chi connectivity index (χ2v) is 4.12. The fourth-order valence-electron chi connectivity index (χ4n) is 1.26. The molecule has 1 heterocycles. The molecule has 0 spiro atoms. The van der Waals surface area contributed by atoms with E-state index in [0.29, 0.717) is 0 Å². The molecule has 0 aliphatic carbocycles. The van der Waals surface area contributed by atoms with Crippen LogP contribution in [0.1, 0.15) is 20.8 Å². The molecule has 0 aromatic rings. The van der Waals surface area contributed by atoms with Gasteiger partial charge in [0, 0.05) is 5.41 Å². The molecule has 1 amide bonds. The minimum absolute atomic E-state index is 0.169. The lowest BCUT2D eigenvalue weighted by Gasteiger charge is -2.30. The van der Waals surface area contributed by atoms with Crippen LogP contribution in [0.3, 0.4) is 0 Å². The van der Waals surface area contributed by atoms with Gasteiger partial charge in [0.25, 0.3) is 0 Å². The molecule has 0 bridgehead atoms. The van der Waals surface area contributed by atoms with Crippen molar-refractivity contribution in [3.8, 4) is 0 Å². The van der Waals surface area contributed by atoms with Crippen molar-refractivity contribution >= 4 is 12.1 Å². The van der Waals surface area contributed by atoms with Crippen molar-refractivity contribution in [3.05, 3.63) is 0 Å². The Kier molecular flexibility index (Phi) is 2.19. The molecule has 1 atom stereocenters. The number of rotatable bonds is 0.